The van der Waals surface area contributed by atoms with Gasteiger partial charge >= 0.3 is 12.3 Å². The number of alkyl halides is 3. The molecule has 0 spiro atoms. The Labute approximate surface area is 218 Å². The first kappa shape index (κ1) is 27.1. The molecule has 0 amide bonds. The molecule has 1 aliphatic rings. The van der Waals surface area contributed by atoms with E-state index in [0.717, 1.165) is 24.0 Å². The minimum Gasteiger partial charge on any atom is -0.493 e. The van der Waals surface area contributed by atoms with Gasteiger partial charge in [-0.1, -0.05) is 18.2 Å². The molecule has 2 N–H and O–H groups in total. The number of nitrogens with zero attached hydrogens (tertiary/aromatic N) is 1. The highest BCUT2D eigenvalue weighted by Gasteiger charge is 2.31. The molecule has 38 heavy (non-hydrogen) atoms. The number of rotatable bonds is 10. The molecule has 1 fully saturated rings. The predicted octanol–water partition coefficient (Wildman–Crippen LogP) is 6.54. The van der Waals surface area contributed by atoms with E-state index in [-0.39, 0.29) is 18.2 Å². The molecular weight excluding hydrogens is 501 g/mol. The molecule has 3 aromatic rings. The summed E-state index contributed by atoms with van der Waals surface area (Å²) in [7, 11) is 1.58. The van der Waals surface area contributed by atoms with Crippen LogP contribution in [0.2, 0.25) is 0 Å². The summed E-state index contributed by atoms with van der Waals surface area (Å²) < 4.78 is 52.9. The first-order valence-electron chi connectivity index (χ1n) is 12.3. The zero-order chi connectivity index (χ0) is 27.1. The van der Waals surface area contributed by atoms with Gasteiger partial charge in [-0.05, 0) is 79.1 Å². The Bertz CT molecular complexity index is 1230. The summed E-state index contributed by atoms with van der Waals surface area (Å²) in [5.74, 6) is 0.820. The zero-order valence-corrected chi connectivity index (χ0v) is 20.8. The Morgan fingerprint density at radius 2 is 1.79 bits per heavy atom. The minimum atomic E-state index is -4.74. The van der Waals surface area contributed by atoms with Crippen LogP contribution in [0.4, 0.5) is 19.0 Å². The van der Waals surface area contributed by atoms with Crippen LogP contribution in [0.15, 0.2) is 60.8 Å². The largest absolute Gasteiger partial charge is 0.573 e. The third-order valence-corrected chi connectivity index (χ3v) is 6.54. The fourth-order valence-corrected chi connectivity index (χ4v) is 4.47. The molecule has 1 aromatic heterocycles. The Morgan fingerprint density at radius 3 is 2.45 bits per heavy atom. The number of carbonyl (C=O) groups is 1. The zero-order valence-electron chi connectivity index (χ0n) is 20.8. The van der Waals surface area contributed by atoms with Crippen molar-refractivity contribution < 1.29 is 37.3 Å². The van der Waals surface area contributed by atoms with Gasteiger partial charge in [0.1, 0.15) is 11.6 Å². The molecule has 7 nitrogen and oxygen atoms in total. The van der Waals surface area contributed by atoms with Gasteiger partial charge in [0.15, 0.2) is 11.5 Å². The van der Waals surface area contributed by atoms with E-state index >= 15 is 0 Å². The summed E-state index contributed by atoms with van der Waals surface area (Å²) in [5.41, 5.74) is 2.35. The number of carboxylic acid groups (broad SMARTS) is 1. The molecule has 0 unspecified atom stereocenters. The maximum Gasteiger partial charge on any atom is 0.573 e. The van der Waals surface area contributed by atoms with Crippen molar-refractivity contribution in [1.82, 2.24) is 4.98 Å². The summed E-state index contributed by atoms with van der Waals surface area (Å²) in [6.07, 6.45) is -0.0751. The molecule has 0 radical (unpaired) electrons. The number of methoxy groups -OCH3 is 1. The number of carboxylic acids is 1. The predicted molar refractivity (Wildman–Crippen MR) is 135 cm³/mol. The number of pyridine rings is 1. The third-order valence-electron chi connectivity index (χ3n) is 6.54. The van der Waals surface area contributed by atoms with E-state index in [1.165, 1.54) is 18.2 Å². The fourth-order valence-electron chi connectivity index (χ4n) is 4.47. The van der Waals surface area contributed by atoms with E-state index in [0.29, 0.717) is 48.2 Å². The quantitative estimate of drug-likeness (QED) is 0.308. The van der Waals surface area contributed by atoms with Crippen molar-refractivity contribution in [3.8, 4) is 28.4 Å². The molecule has 2 aromatic carbocycles. The molecule has 1 heterocycles. The van der Waals surface area contributed by atoms with Crippen LogP contribution in [0.25, 0.3) is 11.1 Å². The lowest BCUT2D eigenvalue weighted by atomic mass is 9.82. The number of aromatic nitrogens is 1. The number of hydrogen-bond donors (Lipinski definition) is 2. The molecule has 0 bridgehead atoms. The highest BCUT2D eigenvalue weighted by molar-refractivity contribution is 5.70. The summed E-state index contributed by atoms with van der Waals surface area (Å²) in [6.45, 7) is 0.763. The number of halogens is 3. The average molecular weight is 531 g/mol. The standard InChI is InChI=1S/C28H29F3N2O5/c1-36-24-11-9-21(14-25(24)37-17-18-5-7-20(8-6-18)27(34)35)22-10-12-26(33-16-22)32-15-19-3-2-4-23(13-19)38-28(29,30)31/h2-4,9-14,16,18,20H,5-8,15,17H2,1H3,(H,32,33)(H,34,35)/t18-,20-. The number of benzene rings is 2. The molecule has 4 rings (SSSR count). The van der Waals surface area contributed by atoms with Crippen LogP contribution >= 0.6 is 0 Å². The molecule has 0 atom stereocenters. The molecule has 0 saturated heterocycles. The van der Waals surface area contributed by atoms with Crippen LogP contribution in [-0.2, 0) is 11.3 Å². The lowest BCUT2D eigenvalue weighted by molar-refractivity contribution is -0.274. The van der Waals surface area contributed by atoms with Crippen molar-refractivity contribution in [2.45, 2.75) is 38.6 Å². The van der Waals surface area contributed by atoms with Crippen molar-refractivity contribution in [3.05, 3.63) is 66.4 Å². The van der Waals surface area contributed by atoms with Gasteiger partial charge < -0.3 is 24.6 Å². The van der Waals surface area contributed by atoms with Crippen molar-refractivity contribution in [2.24, 2.45) is 11.8 Å². The summed E-state index contributed by atoms with van der Waals surface area (Å²) in [4.78, 5) is 15.6. The molecule has 0 aliphatic heterocycles. The Morgan fingerprint density at radius 1 is 1.03 bits per heavy atom. The van der Waals surface area contributed by atoms with Gasteiger partial charge in [-0.2, -0.15) is 0 Å². The van der Waals surface area contributed by atoms with Crippen LogP contribution in [0.1, 0.15) is 31.2 Å². The Balaban J connectivity index is 1.36. The molecular formula is C28H29F3N2O5. The van der Waals surface area contributed by atoms with Crippen LogP contribution in [0.3, 0.4) is 0 Å². The van der Waals surface area contributed by atoms with Crippen molar-refractivity contribution in [2.75, 3.05) is 19.0 Å². The van der Waals surface area contributed by atoms with Crippen LogP contribution in [0.5, 0.6) is 17.2 Å². The van der Waals surface area contributed by atoms with Gasteiger partial charge in [0.25, 0.3) is 0 Å². The number of anilines is 1. The summed E-state index contributed by atoms with van der Waals surface area (Å²) in [5, 5.41) is 12.3. The molecule has 202 valence electrons. The van der Waals surface area contributed by atoms with Gasteiger partial charge in [-0.25, -0.2) is 4.98 Å². The summed E-state index contributed by atoms with van der Waals surface area (Å²) in [6, 6.07) is 15.1. The van der Waals surface area contributed by atoms with E-state index in [1.54, 1.807) is 25.4 Å². The Kier molecular flexibility index (Phi) is 8.60. The number of ether oxygens (including phenoxy) is 3. The van der Waals surface area contributed by atoms with Crippen molar-refractivity contribution in [3.63, 3.8) is 0 Å². The van der Waals surface area contributed by atoms with Gasteiger partial charge in [-0.3, -0.25) is 4.79 Å². The topological polar surface area (TPSA) is 89.9 Å². The van der Waals surface area contributed by atoms with E-state index in [2.05, 4.69) is 15.0 Å². The van der Waals surface area contributed by atoms with Gasteiger partial charge in [0.2, 0.25) is 0 Å². The number of aliphatic carboxylic acids is 1. The maximum absolute atomic E-state index is 12.5. The molecule has 1 saturated carbocycles. The van der Waals surface area contributed by atoms with Crippen LogP contribution < -0.4 is 19.5 Å². The van der Waals surface area contributed by atoms with Crippen molar-refractivity contribution in [1.29, 1.82) is 0 Å². The van der Waals surface area contributed by atoms with Gasteiger partial charge in [0.05, 0.1) is 19.6 Å². The lowest BCUT2D eigenvalue weighted by Crippen LogP contribution is -2.24. The second kappa shape index (κ2) is 12.1. The number of hydrogen-bond acceptors (Lipinski definition) is 6. The minimum absolute atomic E-state index is 0.261. The smallest absolute Gasteiger partial charge is 0.493 e. The highest BCUT2D eigenvalue weighted by atomic mass is 19.4. The molecule has 1 aliphatic carbocycles. The molecule has 10 heteroatoms. The maximum atomic E-state index is 12.5. The lowest BCUT2D eigenvalue weighted by Gasteiger charge is -2.26. The second-order valence-corrected chi connectivity index (χ2v) is 9.21. The average Bonchev–Trinajstić information content (AvgIpc) is 2.90. The van der Waals surface area contributed by atoms with Crippen molar-refractivity contribution >= 4 is 11.8 Å². The first-order chi connectivity index (χ1) is 18.2. The van der Waals surface area contributed by atoms with E-state index < -0.39 is 12.3 Å². The van der Waals surface area contributed by atoms with Gasteiger partial charge in [-0.15, -0.1) is 13.2 Å². The Hall–Kier alpha value is -3.95. The monoisotopic (exact) mass is 530 g/mol. The van der Waals surface area contributed by atoms with E-state index in [1.807, 2.05) is 24.3 Å². The first-order valence-corrected chi connectivity index (χ1v) is 12.3. The van der Waals surface area contributed by atoms with E-state index in [4.69, 9.17) is 9.47 Å². The number of nitrogens with one attached hydrogen (secondary N) is 1. The fraction of sp³-hybridized carbons (Fsp3) is 0.357. The second-order valence-electron chi connectivity index (χ2n) is 9.21. The van der Waals surface area contributed by atoms with E-state index in [9.17, 15) is 23.1 Å². The van der Waals surface area contributed by atoms with Crippen LogP contribution in [-0.4, -0.2) is 36.1 Å². The van der Waals surface area contributed by atoms with Crippen LogP contribution in [0, 0.1) is 11.8 Å². The highest BCUT2D eigenvalue weighted by Crippen LogP contribution is 2.35. The SMILES string of the molecule is COc1ccc(-c2ccc(NCc3cccc(OC(F)(F)F)c3)nc2)cc1OC[C@H]1CC[C@H](C(=O)O)CC1. The summed E-state index contributed by atoms with van der Waals surface area (Å²) >= 11 is 0. The third kappa shape index (κ3) is 7.53. The normalized spacial score (nSPS) is 17.5. The van der Waals surface area contributed by atoms with Gasteiger partial charge in [0, 0.05) is 18.3 Å².